The number of carbonyl (C=O) groups excluding carboxylic acids is 1. The summed E-state index contributed by atoms with van der Waals surface area (Å²) in [5.41, 5.74) is 0.200. The Labute approximate surface area is 117 Å². The van der Waals surface area contributed by atoms with Crippen LogP contribution in [0.5, 0.6) is 0 Å². The van der Waals surface area contributed by atoms with Crippen molar-refractivity contribution in [2.24, 2.45) is 0 Å². The number of alkyl halides is 2. The molecule has 2 unspecified atom stereocenters. The molecule has 0 radical (unpaired) electrons. The highest BCUT2D eigenvalue weighted by molar-refractivity contribution is 9.12. The first-order valence-corrected chi connectivity index (χ1v) is 8.60. The lowest BCUT2D eigenvalue weighted by atomic mass is 10.2. The summed E-state index contributed by atoms with van der Waals surface area (Å²) in [5.74, 6) is -0.641. The third kappa shape index (κ3) is 8.97. The van der Waals surface area contributed by atoms with E-state index in [2.05, 4.69) is 38.4 Å². The van der Waals surface area contributed by atoms with Crippen LogP contribution in [-0.4, -0.2) is 38.2 Å². The molecule has 2 N–H and O–H groups in total. The smallest absolute Gasteiger partial charge is 0.333 e. The quantitative estimate of drug-likeness (QED) is 0.300. The molecule has 0 fully saturated rings. The van der Waals surface area contributed by atoms with Gasteiger partial charge in [-0.2, -0.15) is 0 Å². The lowest BCUT2D eigenvalue weighted by Crippen LogP contribution is -2.26. The number of rotatable bonds is 7. The molecule has 0 aromatic rings. The van der Waals surface area contributed by atoms with Crippen molar-refractivity contribution in [2.45, 2.75) is 24.3 Å². The summed E-state index contributed by atoms with van der Waals surface area (Å²) in [6.07, 6.45) is -1.00. The number of carbonyl (C=O) groups is 1. The van der Waals surface area contributed by atoms with E-state index in [-0.39, 0.29) is 10.4 Å². The van der Waals surface area contributed by atoms with Crippen LogP contribution in [0.2, 0.25) is 0 Å². The van der Waals surface area contributed by atoms with E-state index in [0.29, 0.717) is 11.8 Å². The minimum Gasteiger partial charge on any atom is -0.458 e. The summed E-state index contributed by atoms with van der Waals surface area (Å²) in [6.45, 7) is 4.89. The van der Waals surface area contributed by atoms with Crippen molar-refractivity contribution < 1.29 is 23.9 Å². The average Bonchev–Trinajstić information content (AvgIpc) is 2.14. The minimum atomic E-state index is -4.22. The van der Waals surface area contributed by atoms with Crippen molar-refractivity contribution in [1.29, 1.82) is 0 Å². The molecule has 0 bridgehead atoms. The van der Waals surface area contributed by atoms with E-state index in [1.165, 1.54) is 6.92 Å². The molecule has 0 rings (SSSR count). The van der Waals surface area contributed by atoms with Gasteiger partial charge in [0.05, 0.1) is 6.16 Å². The third-order valence-electron chi connectivity index (χ3n) is 1.75. The summed E-state index contributed by atoms with van der Waals surface area (Å²) in [4.78, 5) is 29.1. The zero-order valence-corrected chi connectivity index (χ0v) is 13.4. The van der Waals surface area contributed by atoms with E-state index < -0.39 is 25.8 Å². The summed E-state index contributed by atoms with van der Waals surface area (Å²) in [6, 6.07) is 0. The Morgan fingerprint density at radius 3 is 2.41 bits per heavy atom. The Balaban J connectivity index is 4.56. The molecule has 0 aromatic heterocycles. The topological polar surface area (TPSA) is 83.8 Å². The Hall–Kier alpha value is 0.320. The van der Waals surface area contributed by atoms with Crippen LogP contribution in [0.1, 0.15) is 13.3 Å². The zero-order valence-electron chi connectivity index (χ0n) is 9.31. The van der Waals surface area contributed by atoms with Gasteiger partial charge in [-0.3, -0.25) is 4.57 Å². The van der Waals surface area contributed by atoms with Gasteiger partial charge >= 0.3 is 13.6 Å². The van der Waals surface area contributed by atoms with E-state index in [1.54, 1.807) is 0 Å². The van der Waals surface area contributed by atoms with Crippen molar-refractivity contribution in [1.82, 2.24) is 0 Å². The van der Waals surface area contributed by atoms with Crippen LogP contribution in [0, 0.1) is 0 Å². The number of ether oxygens (including phenoxy) is 1. The number of hydrogen-bond donors (Lipinski definition) is 2. The van der Waals surface area contributed by atoms with Crippen molar-refractivity contribution in [3.63, 3.8) is 0 Å². The second-order valence-electron chi connectivity index (χ2n) is 3.64. The van der Waals surface area contributed by atoms with E-state index >= 15 is 0 Å². The Bertz CT molecular complexity index is 327. The molecule has 0 aliphatic carbocycles. The van der Waals surface area contributed by atoms with Crippen LogP contribution in [-0.2, 0) is 14.1 Å². The summed E-state index contributed by atoms with van der Waals surface area (Å²) in [7, 11) is -4.22. The van der Waals surface area contributed by atoms with Gasteiger partial charge in [-0.15, -0.1) is 0 Å². The maximum atomic E-state index is 11.3. The largest absolute Gasteiger partial charge is 0.458 e. The third-order valence-corrected chi connectivity index (χ3v) is 4.98. The second-order valence-corrected chi connectivity index (χ2v) is 7.28. The van der Waals surface area contributed by atoms with E-state index in [9.17, 15) is 9.36 Å². The standard InChI is InChI=1S/C9H15Br2O5P/c1-6(2)9(12)16-8(3-7(11)4-10)5-17(13,14)15/h7-8H,1,3-5H2,2H3,(H2,13,14,15). The van der Waals surface area contributed by atoms with Gasteiger partial charge in [0, 0.05) is 15.7 Å². The van der Waals surface area contributed by atoms with Crippen LogP contribution in [0.15, 0.2) is 12.2 Å². The fourth-order valence-corrected chi connectivity index (χ4v) is 2.46. The number of halogens is 2. The molecule has 0 spiro atoms. The van der Waals surface area contributed by atoms with Gasteiger partial charge < -0.3 is 14.5 Å². The number of hydrogen-bond acceptors (Lipinski definition) is 3. The minimum absolute atomic E-state index is 0.0306. The molecule has 100 valence electrons. The first-order chi connectivity index (χ1) is 7.65. The van der Waals surface area contributed by atoms with Crippen molar-refractivity contribution >= 4 is 45.4 Å². The van der Waals surface area contributed by atoms with Gasteiger partial charge in [-0.1, -0.05) is 38.4 Å². The van der Waals surface area contributed by atoms with Crippen molar-refractivity contribution in [3.8, 4) is 0 Å². The molecule has 0 aliphatic heterocycles. The normalized spacial score (nSPS) is 15.1. The predicted molar refractivity (Wildman–Crippen MR) is 72.7 cm³/mol. The summed E-state index contributed by atoms with van der Waals surface area (Å²) < 4.78 is 15.9. The molecule has 2 atom stereocenters. The first kappa shape index (κ1) is 17.3. The highest BCUT2D eigenvalue weighted by atomic mass is 79.9. The molecule has 5 nitrogen and oxygen atoms in total. The zero-order chi connectivity index (χ0) is 13.6. The molecule has 0 saturated heterocycles. The van der Waals surface area contributed by atoms with E-state index in [4.69, 9.17) is 14.5 Å². The van der Waals surface area contributed by atoms with Gasteiger partial charge in [-0.25, -0.2) is 4.79 Å². The fraction of sp³-hybridized carbons (Fsp3) is 0.667. The van der Waals surface area contributed by atoms with Gasteiger partial charge in [0.1, 0.15) is 6.10 Å². The molecule has 0 heterocycles. The Morgan fingerprint density at radius 2 is 2.06 bits per heavy atom. The highest BCUT2D eigenvalue weighted by Crippen LogP contribution is 2.37. The monoisotopic (exact) mass is 392 g/mol. The van der Waals surface area contributed by atoms with Crippen molar-refractivity contribution in [2.75, 3.05) is 11.5 Å². The second kappa shape index (κ2) is 7.69. The van der Waals surface area contributed by atoms with Gasteiger partial charge in [0.15, 0.2) is 0 Å². The van der Waals surface area contributed by atoms with Gasteiger partial charge in [0.25, 0.3) is 0 Å². The lowest BCUT2D eigenvalue weighted by Gasteiger charge is -2.20. The summed E-state index contributed by atoms with van der Waals surface area (Å²) >= 11 is 6.52. The van der Waals surface area contributed by atoms with Crippen LogP contribution in [0.4, 0.5) is 0 Å². The summed E-state index contributed by atoms with van der Waals surface area (Å²) in [5, 5.41) is 0.593. The molecule has 0 aromatic carbocycles. The maximum absolute atomic E-state index is 11.3. The predicted octanol–water partition coefficient (Wildman–Crippen LogP) is 2.20. The highest BCUT2D eigenvalue weighted by Gasteiger charge is 2.26. The fourth-order valence-electron chi connectivity index (χ4n) is 1.03. The molecular weight excluding hydrogens is 379 g/mol. The molecule has 0 saturated carbocycles. The van der Waals surface area contributed by atoms with E-state index in [1.807, 2.05) is 0 Å². The molecule has 0 amide bonds. The lowest BCUT2D eigenvalue weighted by molar-refractivity contribution is -0.143. The first-order valence-electron chi connectivity index (χ1n) is 4.76. The van der Waals surface area contributed by atoms with Crippen LogP contribution >= 0.6 is 39.5 Å². The SMILES string of the molecule is C=C(C)C(=O)OC(CC(Br)CBr)CP(=O)(O)O. The van der Waals surface area contributed by atoms with Crippen molar-refractivity contribution in [3.05, 3.63) is 12.2 Å². The van der Waals surface area contributed by atoms with E-state index in [0.717, 1.165) is 0 Å². The average molecular weight is 394 g/mol. The molecule has 17 heavy (non-hydrogen) atoms. The Morgan fingerprint density at radius 1 is 1.53 bits per heavy atom. The number of esters is 1. The maximum Gasteiger partial charge on any atom is 0.333 e. The van der Waals surface area contributed by atoms with Crippen LogP contribution in [0.25, 0.3) is 0 Å². The van der Waals surface area contributed by atoms with Gasteiger partial charge in [-0.05, 0) is 13.3 Å². The van der Waals surface area contributed by atoms with Gasteiger partial charge in [0.2, 0.25) is 0 Å². The molecule has 8 heteroatoms. The molecular formula is C9H15Br2O5P. The van der Waals surface area contributed by atoms with Crippen LogP contribution in [0.3, 0.4) is 0 Å². The molecule has 0 aliphatic rings. The Kier molecular flexibility index (Phi) is 7.83. The van der Waals surface area contributed by atoms with Crippen LogP contribution < -0.4 is 0 Å².